The zero-order valence-corrected chi connectivity index (χ0v) is 15.5. The first-order chi connectivity index (χ1) is 11.6. The largest absolute Gasteiger partial charge is 0.462 e. The minimum atomic E-state index is -0.504. The van der Waals surface area contributed by atoms with Crippen LogP contribution < -0.4 is 5.32 Å². The first-order valence-electron chi connectivity index (χ1n) is 7.42. The second-order valence-electron chi connectivity index (χ2n) is 4.78. The maximum absolute atomic E-state index is 12.2. The van der Waals surface area contributed by atoms with Crippen LogP contribution in [0.2, 0.25) is 0 Å². The Labute approximate surface area is 154 Å². The van der Waals surface area contributed by atoms with Gasteiger partial charge >= 0.3 is 5.97 Å². The van der Waals surface area contributed by atoms with Crippen molar-refractivity contribution in [2.45, 2.75) is 19.8 Å². The van der Waals surface area contributed by atoms with E-state index >= 15 is 0 Å². The maximum atomic E-state index is 12.2. The van der Waals surface area contributed by atoms with E-state index in [2.05, 4.69) is 5.32 Å². The number of nitrogens with zero attached hydrogens (tertiary/aromatic N) is 1. The number of alkyl halides is 1. The highest BCUT2D eigenvalue weighted by molar-refractivity contribution is 7.73. The number of para-hydroxylation sites is 1. The lowest BCUT2D eigenvalue weighted by Gasteiger charge is -2.11. The molecule has 0 unspecified atom stereocenters. The summed E-state index contributed by atoms with van der Waals surface area (Å²) in [5.74, 6) is 0.0103. The van der Waals surface area contributed by atoms with Crippen molar-refractivity contribution in [2.24, 2.45) is 0 Å². The van der Waals surface area contributed by atoms with Gasteiger partial charge in [0.25, 0.3) is 0 Å². The van der Waals surface area contributed by atoms with Crippen LogP contribution in [0.1, 0.15) is 29.4 Å². The summed E-state index contributed by atoms with van der Waals surface area (Å²) < 4.78 is 7.20. The third-order valence-electron chi connectivity index (χ3n) is 3.08. The Kier molecular flexibility index (Phi) is 6.96. The van der Waals surface area contributed by atoms with Crippen molar-refractivity contribution >= 4 is 52.8 Å². The lowest BCUT2D eigenvalue weighted by molar-refractivity contribution is -0.116. The summed E-state index contributed by atoms with van der Waals surface area (Å²) in [6, 6.07) is 9.30. The van der Waals surface area contributed by atoms with E-state index in [4.69, 9.17) is 28.6 Å². The number of hydrogen-bond acceptors (Lipinski definition) is 5. The fourth-order valence-electron chi connectivity index (χ4n) is 2.06. The first kappa shape index (κ1) is 18.6. The summed E-state index contributed by atoms with van der Waals surface area (Å²) in [5, 5.41) is 2.78. The Balaban J connectivity index is 2.48. The molecule has 0 aliphatic carbocycles. The second-order valence-corrected chi connectivity index (χ2v) is 6.80. The van der Waals surface area contributed by atoms with Gasteiger partial charge in [0.05, 0.1) is 6.61 Å². The highest BCUT2D eigenvalue weighted by Gasteiger charge is 2.22. The Morgan fingerprint density at radius 3 is 2.67 bits per heavy atom. The third-order valence-corrected chi connectivity index (χ3v) is 4.70. The Hall–Kier alpha value is -1.70. The SMILES string of the molecule is CCOC(=O)c1sc(=S)n(-c2ccccc2)c1NC(=O)CCCCl. The molecule has 1 aromatic carbocycles. The number of amides is 1. The number of hydrogen-bond donors (Lipinski definition) is 1. The number of rotatable bonds is 7. The highest BCUT2D eigenvalue weighted by atomic mass is 35.5. The minimum absolute atomic E-state index is 0.223. The number of anilines is 1. The van der Waals surface area contributed by atoms with Crippen LogP contribution >= 0.6 is 35.2 Å². The van der Waals surface area contributed by atoms with Crippen LogP contribution in [0, 0.1) is 3.95 Å². The molecule has 0 aliphatic rings. The van der Waals surface area contributed by atoms with Crippen molar-refractivity contribution in [3.8, 4) is 5.69 Å². The molecule has 1 heterocycles. The molecule has 2 rings (SSSR count). The smallest absolute Gasteiger partial charge is 0.352 e. The van der Waals surface area contributed by atoms with Gasteiger partial charge in [-0.3, -0.25) is 9.36 Å². The van der Waals surface area contributed by atoms with Gasteiger partial charge in [-0.15, -0.1) is 11.6 Å². The highest BCUT2D eigenvalue weighted by Crippen LogP contribution is 2.29. The monoisotopic (exact) mass is 384 g/mol. The number of carbonyl (C=O) groups excluding carboxylic acids is 2. The van der Waals surface area contributed by atoms with E-state index in [1.807, 2.05) is 30.3 Å². The number of aromatic nitrogens is 1. The molecule has 0 bridgehead atoms. The lowest BCUT2D eigenvalue weighted by Crippen LogP contribution is -2.17. The van der Waals surface area contributed by atoms with Gasteiger partial charge in [0, 0.05) is 18.0 Å². The van der Waals surface area contributed by atoms with Gasteiger partial charge in [-0.1, -0.05) is 29.5 Å². The van der Waals surface area contributed by atoms with E-state index in [1.54, 1.807) is 11.5 Å². The van der Waals surface area contributed by atoms with Gasteiger partial charge in [0.2, 0.25) is 5.91 Å². The molecule has 1 aromatic heterocycles. The Bertz CT molecular complexity index is 771. The van der Waals surface area contributed by atoms with Crippen LogP contribution in [-0.2, 0) is 9.53 Å². The number of thiazole rings is 1. The zero-order chi connectivity index (χ0) is 17.5. The average Bonchev–Trinajstić information content (AvgIpc) is 2.90. The predicted octanol–water partition coefficient (Wildman–Crippen LogP) is 4.40. The molecular formula is C16H17ClN2O3S2. The molecule has 0 atom stereocenters. The molecule has 128 valence electrons. The molecule has 0 fully saturated rings. The van der Waals surface area contributed by atoms with Crippen molar-refractivity contribution < 1.29 is 14.3 Å². The fourth-order valence-corrected chi connectivity index (χ4v) is 3.48. The molecule has 1 N–H and O–H groups in total. The number of carbonyl (C=O) groups is 2. The Morgan fingerprint density at radius 2 is 2.04 bits per heavy atom. The summed E-state index contributed by atoms with van der Waals surface area (Å²) in [7, 11) is 0. The number of benzene rings is 1. The van der Waals surface area contributed by atoms with Crippen molar-refractivity contribution in [1.29, 1.82) is 0 Å². The van der Waals surface area contributed by atoms with Gasteiger partial charge < -0.3 is 10.1 Å². The molecule has 5 nitrogen and oxygen atoms in total. The second kappa shape index (κ2) is 8.96. The van der Waals surface area contributed by atoms with Gasteiger partial charge in [-0.05, 0) is 37.7 Å². The third kappa shape index (κ3) is 4.43. The van der Waals surface area contributed by atoms with Crippen LogP contribution in [0.5, 0.6) is 0 Å². The fraction of sp³-hybridized carbons (Fsp3) is 0.312. The van der Waals surface area contributed by atoms with E-state index in [9.17, 15) is 9.59 Å². The molecule has 2 aromatic rings. The summed E-state index contributed by atoms with van der Waals surface area (Å²) in [5.41, 5.74) is 0.766. The summed E-state index contributed by atoms with van der Waals surface area (Å²) in [6.07, 6.45) is 0.821. The minimum Gasteiger partial charge on any atom is -0.462 e. The first-order valence-corrected chi connectivity index (χ1v) is 9.18. The predicted molar refractivity (Wildman–Crippen MR) is 99.0 cm³/mol. The molecule has 24 heavy (non-hydrogen) atoms. The quantitative estimate of drug-likeness (QED) is 0.436. The average molecular weight is 385 g/mol. The topological polar surface area (TPSA) is 60.3 Å². The maximum Gasteiger partial charge on any atom is 0.352 e. The molecule has 8 heteroatoms. The molecule has 1 amide bonds. The molecular weight excluding hydrogens is 368 g/mol. The Morgan fingerprint density at radius 1 is 1.33 bits per heavy atom. The number of nitrogens with one attached hydrogen (secondary N) is 1. The summed E-state index contributed by atoms with van der Waals surface area (Å²) in [4.78, 5) is 24.6. The lowest BCUT2D eigenvalue weighted by atomic mass is 10.3. The number of ether oxygens (including phenoxy) is 1. The van der Waals surface area contributed by atoms with Crippen LogP contribution in [0.4, 0.5) is 5.82 Å². The van der Waals surface area contributed by atoms with E-state index in [1.165, 1.54) is 0 Å². The van der Waals surface area contributed by atoms with Crippen LogP contribution in [0.3, 0.4) is 0 Å². The molecule has 0 spiro atoms. The van der Waals surface area contributed by atoms with Crippen LogP contribution in [-0.4, -0.2) is 28.9 Å². The molecule has 0 aliphatic heterocycles. The van der Waals surface area contributed by atoms with E-state index in [0.717, 1.165) is 17.0 Å². The van der Waals surface area contributed by atoms with E-state index < -0.39 is 5.97 Å². The van der Waals surface area contributed by atoms with Crippen molar-refractivity contribution in [2.75, 3.05) is 17.8 Å². The van der Waals surface area contributed by atoms with Gasteiger partial charge in [-0.25, -0.2) is 4.79 Å². The van der Waals surface area contributed by atoms with Crippen LogP contribution in [0.15, 0.2) is 30.3 Å². The summed E-state index contributed by atoms with van der Waals surface area (Å²) >= 11 is 12.1. The van der Waals surface area contributed by atoms with E-state index in [0.29, 0.717) is 22.1 Å². The van der Waals surface area contributed by atoms with Gasteiger partial charge in [0.1, 0.15) is 5.82 Å². The zero-order valence-electron chi connectivity index (χ0n) is 13.1. The molecule has 0 radical (unpaired) electrons. The molecule has 0 saturated heterocycles. The number of esters is 1. The number of halogens is 1. The molecule has 0 saturated carbocycles. The standard InChI is InChI=1S/C16H17ClN2O3S2/c1-2-22-15(21)13-14(18-12(20)9-6-10-17)19(16(23)24-13)11-7-4-3-5-8-11/h3-5,7-8H,2,6,9-10H2,1H3,(H,18,20). The van der Waals surface area contributed by atoms with Crippen molar-refractivity contribution in [1.82, 2.24) is 4.57 Å². The van der Waals surface area contributed by atoms with Gasteiger partial charge in [0.15, 0.2) is 8.83 Å². The van der Waals surface area contributed by atoms with E-state index in [-0.39, 0.29) is 23.8 Å². The van der Waals surface area contributed by atoms with Crippen LogP contribution in [0.25, 0.3) is 5.69 Å². The normalized spacial score (nSPS) is 10.4. The van der Waals surface area contributed by atoms with Crippen molar-refractivity contribution in [3.63, 3.8) is 0 Å². The summed E-state index contributed by atoms with van der Waals surface area (Å²) in [6.45, 7) is 1.97. The van der Waals surface area contributed by atoms with Gasteiger partial charge in [-0.2, -0.15) is 0 Å². The van der Waals surface area contributed by atoms with Crippen molar-refractivity contribution in [3.05, 3.63) is 39.2 Å².